The summed E-state index contributed by atoms with van der Waals surface area (Å²) in [6, 6.07) is 3.95. The van der Waals surface area contributed by atoms with Crippen molar-refractivity contribution in [3.8, 4) is 0 Å². The van der Waals surface area contributed by atoms with Crippen LogP contribution in [0.2, 0.25) is 0 Å². The Labute approximate surface area is 94.9 Å². The largest absolute Gasteiger partial charge is 0.481 e. The first-order valence-corrected chi connectivity index (χ1v) is 5.57. The molecule has 1 aromatic heterocycles. The number of piperidine rings is 1. The molecule has 4 nitrogen and oxygen atoms in total. The van der Waals surface area contributed by atoms with Crippen LogP contribution in [-0.2, 0) is 4.79 Å². The van der Waals surface area contributed by atoms with Gasteiger partial charge in [0.1, 0.15) is 5.82 Å². The lowest BCUT2D eigenvalue weighted by molar-refractivity contribution is -0.141. The van der Waals surface area contributed by atoms with E-state index in [1.807, 2.05) is 19.1 Å². The third-order valence-corrected chi connectivity index (χ3v) is 3.00. The van der Waals surface area contributed by atoms with Crippen molar-refractivity contribution in [2.75, 3.05) is 18.0 Å². The van der Waals surface area contributed by atoms with Crippen LogP contribution in [0.15, 0.2) is 18.3 Å². The molecule has 0 unspecified atom stereocenters. The highest BCUT2D eigenvalue weighted by molar-refractivity contribution is 5.71. The monoisotopic (exact) mass is 220 g/mol. The average Bonchev–Trinajstić information content (AvgIpc) is 2.29. The fourth-order valence-electron chi connectivity index (χ4n) is 2.08. The van der Waals surface area contributed by atoms with Gasteiger partial charge in [-0.1, -0.05) is 0 Å². The Balaban J connectivity index is 2.12. The zero-order chi connectivity index (χ0) is 11.5. The third kappa shape index (κ3) is 2.32. The minimum absolute atomic E-state index is 0.254. The number of aryl methyl sites for hydroxylation is 1. The lowest BCUT2D eigenvalue weighted by Crippen LogP contribution is -2.39. The Morgan fingerprint density at radius 2 is 2.44 bits per heavy atom. The minimum atomic E-state index is -0.697. The van der Waals surface area contributed by atoms with Crippen molar-refractivity contribution in [1.29, 1.82) is 0 Å². The predicted molar refractivity (Wildman–Crippen MR) is 61.5 cm³/mol. The van der Waals surface area contributed by atoms with Crippen molar-refractivity contribution in [3.05, 3.63) is 23.9 Å². The number of aromatic nitrogens is 1. The summed E-state index contributed by atoms with van der Waals surface area (Å²) in [6.07, 6.45) is 3.47. The molecule has 1 aliphatic rings. The fourth-order valence-corrected chi connectivity index (χ4v) is 2.08. The molecule has 4 heteroatoms. The number of anilines is 1. The van der Waals surface area contributed by atoms with E-state index in [1.165, 1.54) is 0 Å². The van der Waals surface area contributed by atoms with Gasteiger partial charge in [-0.05, 0) is 37.5 Å². The van der Waals surface area contributed by atoms with Crippen LogP contribution in [0.25, 0.3) is 0 Å². The van der Waals surface area contributed by atoms with Gasteiger partial charge in [0.05, 0.1) is 5.92 Å². The molecular weight excluding hydrogens is 204 g/mol. The number of hydrogen-bond acceptors (Lipinski definition) is 3. The molecule has 0 aliphatic carbocycles. The molecule has 1 aliphatic heterocycles. The molecule has 86 valence electrons. The highest BCUT2D eigenvalue weighted by Gasteiger charge is 2.25. The molecule has 2 heterocycles. The zero-order valence-corrected chi connectivity index (χ0v) is 9.39. The highest BCUT2D eigenvalue weighted by atomic mass is 16.4. The van der Waals surface area contributed by atoms with Gasteiger partial charge in [0.25, 0.3) is 0 Å². The second-order valence-electron chi connectivity index (χ2n) is 4.31. The van der Waals surface area contributed by atoms with E-state index in [2.05, 4.69) is 9.88 Å². The number of carboxylic acid groups (broad SMARTS) is 1. The van der Waals surface area contributed by atoms with E-state index in [4.69, 9.17) is 5.11 Å². The molecule has 2 rings (SSSR count). The van der Waals surface area contributed by atoms with Crippen LogP contribution >= 0.6 is 0 Å². The molecular formula is C12H16N2O2. The first-order chi connectivity index (χ1) is 7.66. The molecule has 1 saturated heterocycles. The first kappa shape index (κ1) is 10.9. The third-order valence-electron chi connectivity index (χ3n) is 3.00. The predicted octanol–water partition coefficient (Wildman–Crippen LogP) is 1.69. The number of rotatable bonds is 2. The van der Waals surface area contributed by atoms with Gasteiger partial charge in [0, 0.05) is 19.3 Å². The van der Waals surface area contributed by atoms with Gasteiger partial charge in [-0.3, -0.25) is 4.79 Å². The van der Waals surface area contributed by atoms with Crippen molar-refractivity contribution >= 4 is 11.8 Å². The Morgan fingerprint density at radius 3 is 3.12 bits per heavy atom. The van der Waals surface area contributed by atoms with Crippen molar-refractivity contribution < 1.29 is 9.90 Å². The minimum Gasteiger partial charge on any atom is -0.481 e. The maximum absolute atomic E-state index is 11.0. The smallest absolute Gasteiger partial charge is 0.308 e. The van der Waals surface area contributed by atoms with E-state index < -0.39 is 5.97 Å². The van der Waals surface area contributed by atoms with Crippen molar-refractivity contribution in [2.24, 2.45) is 5.92 Å². The van der Waals surface area contributed by atoms with Gasteiger partial charge in [-0.15, -0.1) is 0 Å². The lowest BCUT2D eigenvalue weighted by Gasteiger charge is -2.31. The number of aliphatic carboxylic acids is 1. The Bertz CT molecular complexity index is 392. The summed E-state index contributed by atoms with van der Waals surface area (Å²) in [5.41, 5.74) is 1.16. The molecule has 16 heavy (non-hydrogen) atoms. The highest BCUT2D eigenvalue weighted by Crippen LogP contribution is 2.22. The van der Waals surface area contributed by atoms with Crippen molar-refractivity contribution in [3.63, 3.8) is 0 Å². The summed E-state index contributed by atoms with van der Waals surface area (Å²) in [4.78, 5) is 17.3. The van der Waals surface area contributed by atoms with E-state index in [0.717, 1.165) is 30.8 Å². The van der Waals surface area contributed by atoms with Gasteiger partial charge >= 0.3 is 5.97 Å². The number of carboxylic acids is 1. The van der Waals surface area contributed by atoms with E-state index >= 15 is 0 Å². The summed E-state index contributed by atoms with van der Waals surface area (Å²) in [7, 11) is 0. The SMILES string of the molecule is Cc1ccnc(N2CCC[C@@H](C(=O)O)C2)c1. The summed E-state index contributed by atoms with van der Waals surface area (Å²) >= 11 is 0. The van der Waals surface area contributed by atoms with E-state index in [-0.39, 0.29) is 5.92 Å². The molecule has 1 fully saturated rings. The Hall–Kier alpha value is -1.58. The van der Waals surface area contributed by atoms with Crippen LogP contribution in [0.3, 0.4) is 0 Å². The second kappa shape index (κ2) is 4.51. The maximum atomic E-state index is 11.0. The Morgan fingerprint density at radius 1 is 1.62 bits per heavy atom. The van der Waals surface area contributed by atoms with Crippen LogP contribution < -0.4 is 4.90 Å². The van der Waals surface area contributed by atoms with Gasteiger partial charge in [-0.25, -0.2) is 4.98 Å². The quantitative estimate of drug-likeness (QED) is 0.824. The van der Waals surface area contributed by atoms with Crippen molar-refractivity contribution in [2.45, 2.75) is 19.8 Å². The fraction of sp³-hybridized carbons (Fsp3) is 0.500. The topological polar surface area (TPSA) is 53.4 Å². The first-order valence-electron chi connectivity index (χ1n) is 5.57. The average molecular weight is 220 g/mol. The Kier molecular flexibility index (Phi) is 3.08. The maximum Gasteiger partial charge on any atom is 0.308 e. The van der Waals surface area contributed by atoms with Gasteiger partial charge in [0.2, 0.25) is 0 Å². The van der Waals surface area contributed by atoms with Gasteiger partial charge < -0.3 is 10.0 Å². The van der Waals surface area contributed by atoms with E-state index in [9.17, 15) is 4.79 Å². The number of nitrogens with zero attached hydrogens (tertiary/aromatic N) is 2. The standard InChI is InChI=1S/C12H16N2O2/c1-9-4-5-13-11(7-9)14-6-2-3-10(8-14)12(15)16/h4-5,7,10H,2-3,6,8H2,1H3,(H,15,16)/t10-/m1/s1. The lowest BCUT2D eigenvalue weighted by atomic mass is 9.98. The number of hydrogen-bond donors (Lipinski definition) is 1. The zero-order valence-electron chi connectivity index (χ0n) is 9.39. The van der Waals surface area contributed by atoms with Gasteiger partial charge in [-0.2, -0.15) is 0 Å². The normalized spacial score (nSPS) is 20.8. The number of pyridine rings is 1. The summed E-state index contributed by atoms with van der Waals surface area (Å²) in [5.74, 6) is -0.0561. The van der Waals surface area contributed by atoms with Crippen LogP contribution in [0.4, 0.5) is 5.82 Å². The molecule has 0 spiro atoms. The molecule has 0 bridgehead atoms. The molecule has 0 aromatic carbocycles. The van der Waals surface area contributed by atoms with Crippen LogP contribution in [0.1, 0.15) is 18.4 Å². The van der Waals surface area contributed by atoms with E-state index in [1.54, 1.807) is 6.20 Å². The van der Waals surface area contributed by atoms with E-state index in [0.29, 0.717) is 6.54 Å². The van der Waals surface area contributed by atoms with Gasteiger partial charge in [0.15, 0.2) is 0 Å². The molecule has 0 amide bonds. The molecule has 1 aromatic rings. The molecule has 1 atom stereocenters. The van der Waals surface area contributed by atoms with Crippen LogP contribution in [0.5, 0.6) is 0 Å². The second-order valence-corrected chi connectivity index (χ2v) is 4.31. The molecule has 0 saturated carbocycles. The van der Waals surface area contributed by atoms with Crippen LogP contribution in [-0.4, -0.2) is 29.1 Å². The summed E-state index contributed by atoms with van der Waals surface area (Å²) < 4.78 is 0. The van der Waals surface area contributed by atoms with Crippen LogP contribution in [0, 0.1) is 12.8 Å². The molecule has 0 radical (unpaired) electrons. The summed E-state index contributed by atoms with van der Waals surface area (Å²) in [5, 5.41) is 9.01. The van der Waals surface area contributed by atoms with Crippen molar-refractivity contribution in [1.82, 2.24) is 4.98 Å². The number of carbonyl (C=O) groups is 1. The molecule has 1 N–H and O–H groups in total. The summed E-state index contributed by atoms with van der Waals surface area (Å²) in [6.45, 7) is 3.50.